The van der Waals surface area contributed by atoms with Gasteiger partial charge in [0, 0.05) is 19.6 Å². The fraction of sp³-hybridized carbons (Fsp3) is 0.556. The first-order valence-corrected chi connectivity index (χ1v) is 4.53. The summed E-state index contributed by atoms with van der Waals surface area (Å²) in [6.07, 6.45) is 0. The highest BCUT2D eigenvalue weighted by Gasteiger charge is 2.03. The van der Waals surface area contributed by atoms with E-state index in [1.807, 2.05) is 19.1 Å². The molecule has 0 aliphatic rings. The van der Waals surface area contributed by atoms with Crippen molar-refractivity contribution >= 4 is 5.82 Å². The summed E-state index contributed by atoms with van der Waals surface area (Å²) >= 11 is 0. The SMILES string of the molecule is CCN(CCN)c1ccc(C)nn1. The molecule has 0 unspecified atom stereocenters. The standard InChI is InChI=1S/C9H16N4/c1-3-13(7-6-10)9-5-4-8(2)11-12-9/h4-5H,3,6-7,10H2,1-2H3. The van der Waals surface area contributed by atoms with E-state index in [1.54, 1.807) is 0 Å². The second kappa shape index (κ2) is 4.77. The maximum absolute atomic E-state index is 5.48. The molecule has 0 amide bonds. The molecule has 1 heterocycles. The minimum atomic E-state index is 0.642. The molecule has 0 aliphatic carbocycles. The number of anilines is 1. The summed E-state index contributed by atoms with van der Waals surface area (Å²) in [5.74, 6) is 0.901. The van der Waals surface area contributed by atoms with E-state index in [-0.39, 0.29) is 0 Å². The summed E-state index contributed by atoms with van der Waals surface area (Å²) in [4.78, 5) is 2.10. The second-order valence-electron chi connectivity index (χ2n) is 2.90. The van der Waals surface area contributed by atoms with Crippen molar-refractivity contribution < 1.29 is 0 Å². The van der Waals surface area contributed by atoms with Crippen molar-refractivity contribution in [2.24, 2.45) is 5.73 Å². The molecule has 0 aliphatic heterocycles. The molecule has 0 fully saturated rings. The Bertz CT molecular complexity index is 244. The van der Waals surface area contributed by atoms with Gasteiger partial charge < -0.3 is 10.6 Å². The molecule has 0 saturated heterocycles. The highest BCUT2D eigenvalue weighted by Crippen LogP contribution is 2.07. The fourth-order valence-corrected chi connectivity index (χ4v) is 1.15. The first-order valence-electron chi connectivity index (χ1n) is 4.53. The van der Waals surface area contributed by atoms with E-state index in [2.05, 4.69) is 22.0 Å². The van der Waals surface area contributed by atoms with Crippen molar-refractivity contribution in [3.8, 4) is 0 Å². The third-order valence-corrected chi connectivity index (χ3v) is 1.89. The van der Waals surface area contributed by atoms with Crippen LogP contribution in [0.15, 0.2) is 12.1 Å². The van der Waals surface area contributed by atoms with E-state index >= 15 is 0 Å². The van der Waals surface area contributed by atoms with Gasteiger partial charge in [0.25, 0.3) is 0 Å². The lowest BCUT2D eigenvalue weighted by Gasteiger charge is -2.19. The minimum absolute atomic E-state index is 0.642. The van der Waals surface area contributed by atoms with Gasteiger partial charge in [0.15, 0.2) is 5.82 Å². The molecule has 1 aromatic heterocycles. The third-order valence-electron chi connectivity index (χ3n) is 1.89. The number of aromatic nitrogens is 2. The van der Waals surface area contributed by atoms with Crippen molar-refractivity contribution in [1.29, 1.82) is 0 Å². The average molecular weight is 180 g/mol. The third kappa shape index (κ3) is 2.66. The van der Waals surface area contributed by atoms with E-state index in [0.29, 0.717) is 6.54 Å². The summed E-state index contributed by atoms with van der Waals surface area (Å²) in [6.45, 7) is 6.39. The topological polar surface area (TPSA) is 55.0 Å². The molecule has 4 nitrogen and oxygen atoms in total. The van der Waals surface area contributed by atoms with E-state index in [9.17, 15) is 0 Å². The Labute approximate surface area is 78.8 Å². The van der Waals surface area contributed by atoms with Crippen LogP contribution in [0.1, 0.15) is 12.6 Å². The van der Waals surface area contributed by atoms with Crippen LogP contribution >= 0.6 is 0 Å². The molecule has 0 bridgehead atoms. The molecule has 0 atom stereocenters. The van der Waals surface area contributed by atoms with Crippen LogP contribution in [0.5, 0.6) is 0 Å². The molecule has 0 saturated carbocycles. The van der Waals surface area contributed by atoms with E-state index < -0.39 is 0 Å². The number of hydrogen-bond donors (Lipinski definition) is 1. The fourth-order valence-electron chi connectivity index (χ4n) is 1.15. The van der Waals surface area contributed by atoms with Gasteiger partial charge in [0.2, 0.25) is 0 Å². The van der Waals surface area contributed by atoms with Crippen LogP contribution in [0.25, 0.3) is 0 Å². The zero-order chi connectivity index (χ0) is 9.68. The first kappa shape index (κ1) is 9.92. The van der Waals surface area contributed by atoms with Crippen molar-refractivity contribution in [3.63, 3.8) is 0 Å². The molecule has 0 aromatic carbocycles. The maximum Gasteiger partial charge on any atom is 0.151 e. The van der Waals surface area contributed by atoms with Crippen LogP contribution in [0.4, 0.5) is 5.82 Å². The molecule has 4 heteroatoms. The van der Waals surface area contributed by atoms with Crippen molar-refractivity contribution in [2.75, 3.05) is 24.5 Å². The average Bonchev–Trinajstić information content (AvgIpc) is 2.16. The Hall–Kier alpha value is -1.16. The Morgan fingerprint density at radius 3 is 2.62 bits per heavy atom. The van der Waals surface area contributed by atoms with Gasteiger partial charge in [-0.15, -0.1) is 5.10 Å². The van der Waals surface area contributed by atoms with Crippen molar-refractivity contribution in [3.05, 3.63) is 17.8 Å². The van der Waals surface area contributed by atoms with Crippen LogP contribution in [0.3, 0.4) is 0 Å². The van der Waals surface area contributed by atoms with E-state index in [0.717, 1.165) is 24.6 Å². The maximum atomic E-state index is 5.48. The number of aryl methyl sites for hydroxylation is 1. The lowest BCUT2D eigenvalue weighted by molar-refractivity contribution is 0.784. The molecule has 13 heavy (non-hydrogen) atoms. The monoisotopic (exact) mass is 180 g/mol. The van der Waals surface area contributed by atoms with E-state index in [1.165, 1.54) is 0 Å². The summed E-state index contributed by atoms with van der Waals surface area (Å²) in [5.41, 5.74) is 6.42. The normalized spacial score (nSPS) is 10.1. The highest BCUT2D eigenvalue weighted by molar-refractivity contribution is 5.36. The summed E-state index contributed by atoms with van der Waals surface area (Å²) < 4.78 is 0. The number of likely N-dealkylation sites (N-methyl/N-ethyl adjacent to an activating group) is 1. The zero-order valence-electron chi connectivity index (χ0n) is 8.20. The molecule has 2 N–H and O–H groups in total. The summed E-state index contributed by atoms with van der Waals surface area (Å²) in [5, 5.41) is 8.09. The van der Waals surface area contributed by atoms with Gasteiger partial charge >= 0.3 is 0 Å². The molecular formula is C9H16N4. The number of rotatable bonds is 4. The lowest BCUT2D eigenvalue weighted by Crippen LogP contribution is -2.29. The Balaban J connectivity index is 2.73. The second-order valence-corrected chi connectivity index (χ2v) is 2.90. The number of nitrogens with two attached hydrogens (primary N) is 1. The lowest BCUT2D eigenvalue weighted by atomic mass is 10.4. The number of hydrogen-bond acceptors (Lipinski definition) is 4. The molecule has 72 valence electrons. The van der Waals surface area contributed by atoms with Crippen LogP contribution in [-0.2, 0) is 0 Å². The predicted molar refractivity (Wildman–Crippen MR) is 53.7 cm³/mol. The van der Waals surface area contributed by atoms with Crippen LogP contribution in [0.2, 0.25) is 0 Å². The number of nitrogens with zero attached hydrogens (tertiary/aromatic N) is 3. The summed E-state index contributed by atoms with van der Waals surface area (Å²) in [7, 11) is 0. The van der Waals surface area contributed by atoms with Crippen molar-refractivity contribution in [2.45, 2.75) is 13.8 Å². The molecular weight excluding hydrogens is 164 g/mol. The van der Waals surface area contributed by atoms with Gasteiger partial charge in [-0.05, 0) is 26.0 Å². The van der Waals surface area contributed by atoms with Gasteiger partial charge in [-0.1, -0.05) is 0 Å². The van der Waals surface area contributed by atoms with Gasteiger partial charge in [-0.2, -0.15) is 5.10 Å². The smallest absolute Gasteiger partial charge is 0.151 e. The Kier molecular flexibility index (Phi) is 3.64. The molecule has 1 aromatic rings. The molecule has 0 radical (unpaired) electrons. The van der Waals surface area contributed by atoms with Gasteiger partial charge in [0.1, 0.15) is 0 Å². The van der Waals surface area contributed by atoms with Gasteiger partial charge in [-0.3, -0.25) is 0 Å². The van der Waals surface area contributed by atoms with Crippen LogP contribution in [-0.4, -0.2) is 29.8 Å². The van der Waals surface area contributed by atoms with Gasteiger partial charge in [-0.25, -0.2) is 0 Å². The largest absolute Gasteiger partial charge is 0.354 e. The van der Waals surface area contributed by atoms with Gasteiger partial charge in [0.05, 0.1) is 5.69 Å². The van der Waals surface area contributed by atoms with Crippen LogP contribution < -0.4 is 10.6 Å². The zero-order valence-corrected chi connectivity index (χ0v) is 8.20. The Morgan fingerprint density at radius 1 is 1.38 bits per heavy atom. The van der Waals surface area contributed by atoms with Crippen molar-refractivity contribution in [1.82, 2.24) is 10.2 Å². The predicted octanol–water partition coefficient (Wildman–Crippen LogP) is 0.570. The summed E-state index contributed by atoms with van der Waals surface area (Å²) in [6, 6.07) is 3.93. The first-order chi connectivity index (χ1) is 6.27. The quantitative estimate of drug-likeness (QED) is 0.736. The molecule has 0 spiro atoms. The molecule has 1 rings (SSSR count). The minimum Gasteiger partial charge on any atom is -0.354 e. The van der Waals surface area contributed by atoms with E-state index in [4.69, 9.17) is 5.73 Å². The highest BCUT2D eigenvalue weighted by atomic mass is 15.3. The van der Waals surface area contributed by atoms with Crippen LogP contribution in [0, 0.1) is 6.92 Å². The Morgan fingerprint density at radius 2 is 2.15 bits per heavy atom.